The molecule has 0 aliphatic carbocycles. The predicted octanol–water partition coefficient (Wildman–Crippen LogP) is 1.79. The first-order chi connectivity index (χ1) is 13.1. The number of carboxylic acid groups (broad SMARTS) is 1. The number of carbonyl (C=O) groups excluding carboxylic acids is 1. The molecule has 1 aromatic heterocycles. The number of carbonyl (C=O) groups is 2. The molecule has 0 unspecified atom stereocenters. The fourth-order valence-corrected chi connectivity index (χ4v) is 3.76. The molecule has 1 saturated heterocycles. The van der Waals surface area contributed by atoms with Crippen molar-refractivity contribution in [3.05, 3.63) is 41.7 Å². The Kier molecular flexibility index (Phi) is 4.70. The van der Waals surface area contributed by atoms with Crippen molar-refractivity contribution >= 4 is 11.9 Å². The maximum Gasteiger partial charge on any atom is 0.308 e. The minimum atomic E-state index is -0.883. The van der Waals surface area contributed by atoms with Crippen LogP contribution in [0.15, 0.2) is 30.6 Å². The highest BCUT2D eigenvalue weighted by Gasteiger charge is 2.40. The fourth-order valence-electron chi connectivity index (χ4n) is 3.76. The number of hydrogen-bond acceptors (Lipinski definition) is 5. The van der Waals surface area contributed by atoms with Crippen LogP contribution in [0.1, 0.15) is 29.9 Å². The summed E-state index contributed by atoms with van der Waals surface area (Å²) in [5.41, 5.74) is 1.92. The lowest BCUT2D eigenvalue weighted by molar-refractivity contribution is -0.141. The number of fused-ring (bicyclic) bond motifs is 1. The number of rotatable bonds is 6. The first-order valence-electron chi connectivity index (χ1n) is 8.99. The zero-order chi connectivity index (χ0) is 18.8. The summed E-state index contributed by atoms with van der Waals surface area (Å²) in [6.07, 6.45) is 5.43. The molecule has 0 spiro atoms. The van der Waals surface area contributed by atoms with Gasteiger partial charge in [-0.15, -0.1) is 0 Å². The molecule has 142 valence electrons. The highest BCUT2D eigenvalue weighted by atomic mass is 16.7. The lowest BCUT2D eigenvalue weighted by Crippen LogP contribution is -2.29. The maximum absolute atomic E-state index is 12.6. The van der Waals surface area contributed by atoms with E-state index in [0.29, 0.717) is 30.9 Å². The highest BCUT2D eigenvalue weighted by molar-refractivity contribution is 5.79. The van der Waals surface area contributed by atoms with Gasteiger partial charge in [-0.2, -0.15) is 5.10 Å². The van der Waals surface area contributed by atoms with Gasteiger partial charge in [0.15, 0.2) is 11.5 Å². The molecule has 2 aliphatic heterocycles. The Morgan fingerprint density at radius 2 is 2.11 bits per heavy atom. The van der Waals surface area contributed by atoms with Crippen molar-refractivity contribution in [2.24, 2.45) is 5.92 Å². The summed E-state index contributed by atoms with van der Waals surface area (Å²) in [6.45, 7) is 0.813. The molecule has 0 bridgehead atoms. The second kappa shape index (κ2) is 7.30. The van der Waals surface area contributed by atoms with Crippen molar-refractivity contribution in [3.63, 3.8) is 0 Å². The van der Waals surface area contributed by atoms with Crippen molar-refractivity contribution < 1.29 is 24.2 Å². The number of aromatic nitrogens is 2. The summed E-state index contributed by atoms with van der Waals surface area (Å²) >= 11 is 0. The summed E-state index contributed by atoms with van der Waals surface area (Å²) in [4.78, 5) is 26.0. The predicted molar refractivity (Wildman–Crippen MR) is 94.5 cm³/mol. The quantitative estimate of drug-likeness (QED) is 0.802. The van der Waals surface area contributed by atoms with Gasteiger partial charge in [0.2, 0.25) is 12.7 Å². The number of likely N-dealkylation sites (tertiary alicyclic amines) is 1. The number of aryl methyl sites for hydroxylation is 1. The third-order valence-corrected chi connectivity index (χ3v) is 5.23. The highest BCUT2D eigenvalue weighted by Crippen LogP contribution is 2.39. The molecule has 1 aromatic carbocycles. The second-order valence-electron chi connectivity index (χ2n) is 6.92. The number of aromatic amines is 1. The first-order valence-corrected chi connectivity index (χ1v) is 8.99. The van der Waals surface area contributed by atoms with Gasteiger partial charge in [0.25, 0.3) is 0 Å². The Morgan fingerprint density at radius 1 is 1.26 bits per heavy atom. The van der Waals surface area contributed by atoms with E-state index in [-0.39, 0.29) is 25.2 Å². The van der Waals surface area contributed by atoms with E-state index in [1.165, 1.54) is 0 Å². The van der Waals surface area contributed by atoms with Crippen LogP contribution >= 0.6 is 0 Å². The molecule has 1 fully saturated rings. The van der Waals surface area contributed by atoms with Gasteiger partial charge < -0.3 is 19.5 Å². The number of carboxylic acids is 1. The molecule has 1 amide bonds. The van der Waals surface area contributed by atoms with Gasteiger partial charge in [0, 0.05) is 31.6 Å². The number of ether oxygens (including phenoxy) is 2. The molecule has 3 heterocycles. The van der Waals surface area contributed by atoms with Gasteiger partial charge in [-0.1, -0.05) is 6.07 Å². The Labute approximate surface area is 156 Å². The molecular weight excluding hydrogens is 350 g/mol. The summed E-state index contributed by atoms with van der Waals surface area (Å²) in [7, 11) is 0. The van der Waals surface area contributed by atoms with E-state index in [0.717, 1.165) is 17.5 Å². The van der Waals surface area contributed by atoms with Crippen LogP contribution in [0.4, 0.5) is 0 Å². The molecule has 2 atom stereocenters. The summed E-state index contributed by atoms with van der Waals surface area (Å²) in [5.74, 6) is -0.477. The van der Waals surface area contributed by atoms with Crippen molar-refractivity contribution in [2.75, 3.05) is 19.9 Å². The first kappa shape index (κ1) is 17.4. The number of benzene rings is 1. The minimum absolute atomic E-state index is 0.00649. The van der Waals surface area contributed by atoms with E-state index < -0.39 is 11.9 Å². The number of hydrogen-bond donors (Lipinski definition) is 2. The standard InChI is InChI=1S/C19H21N3O5/c23-18(3-1-2-12-7-20-21-8-12)22-9-14(15(10-22)19(24)25)13-4-5-16-17(6-13)27-11-26-16/h4-8,14-15H,1-3,9-11H2,(H,20,21)(H,24,25)/t14-,15+/m0/s1. The monoisotopic (exact) mass is 371 g/mol. The molecule has 8 heteroatoms. The lowest BCUT2D eigenvalue weighted by atomic mass is 9.89. The van der Waals surface area contributed by atoms with Crippen LogP contribution in [0, 0.1) is 5.92 Å². The lowest BCUT2D eigenvalue weighted by Gasteiger charge is -2.16. The zero-order valence-electron chi connectivity index (χ0n) is 14.8. The van der Waals surface area contributed by atoms with Gasteiger partial charge in [0.1, 0.15) is 0 Å². The van der Waals surface area contributed by atoms with Gasteiger partial charge in [-0.3, -0.25) is 14.7 Å². The number of H-pyrrole nitrogens is 1. The average Bonchev–Trinajstić information content (AvgIpc) is 3.40. The van der Waals surface area contributed by atoms with Crippen molar-refractivity contribution in [3.8, 4) is 11.5 Å². The van der Waals surface area contributed by atoms with Crippen LogP contribution in [-0.4, -0.2) is 52.0 Å². The second-order valence-corrected chi connectivity index (χ2v) is 6.92. The average molecular weight is 371 g/mol. The number of amides is 1. The molecule has 2 aliphatic rings. The molecule has 8 nitrogen and oxygen atoms in total. The maximum atomic E-state index is 12.6. The molecule has 0 radical (unpaired) electrons. The smallest absolute Gasteiger partial charge is 0.308 e. The normalized spacial score (nSPS) is 20.8. The van der Waals surface area contributed by atoms with Crippen LogP contribution in [0.2, 0.25) is 0 Å². The molecule has 2 N–H and O–H groups in total. The third kappa shape index (κ3) is 3.60. The van der Waals surface area contributed by atoms with E-state index in [2.05, 4.69) is 10.2 Å². The van der Waals surface area contributed by atoms with E-state index in [1.807, 2.05) is 18.3 Å². The van der Waals surface area contributed by atoms with Crippen LogP contribution in [0.25, 0.3) is 0 Å². The number of nitrogens with zero attached hydrogens (tertiary/aromatic N) is 2. The van der Waals surface area contributed by atoms with Gasteiger partial charge in [-0.25, -0.2) is 0 Å². The number of nitrogens with one attached hydrogen (secondary N) is 1. The van der Waals surface area contributed by atoms with Crippen molar-refractivity contribution in [2.45, 2.75) is 25.2 Å². The molecule has 0 saturated carbocycles. The topological polar surface area (TPSA) is 105 Å². The number of aliphatic carboxylic acids is 1. The Bertz CT molecular complexity index is 836. The van der Waals surface area contributed by atoms with E-state index >= 15 is 0 Å². The van der Waals surface area contributed by atoms with Crippen LogP contribution in [0.3, 0.4) is 0 Å². The summed E-state index contributed by atoms with van der Waals surface area (Å²) < 4.78 is 10.7. The Morgan fingerprint density at radius 3 is 2.89 bits per heavy atom. The van der Waals surface area contributed by atoms with Gasteiger partial charge in [-0.05, 0) is 36.1 Å². The largest absolute Gasteiger partial charge is 0.481 e. The van der Waals surface area contributed by atoms with Crippen LogP contribution in [0.5, 0.6) is 11.5 Å². The SMILES string of the molecule is O=C(O)[C@@H]1CN(C(=O)CCCc2cn[nH]c2)C[C@H]1c1ccc2c(c1)OCO2. The molecule has 27 heavy (non-hydrogen) atoms. The van der Waals surface area contributed by atoms with E-state index in [1.54, 1.807) is 17.2 Å². The zero-order valence-corrected chi connectivity index (χ0v) is 14.8. The molecular formula is C19H21N3O5. The Balaban J connectivity index is 1.42. The molecule has 2 aromatic rings. The molecule has 4 rings (SSSR count). The van der Waals surface area contributed by atoms with E-state index in [4.69, 9.17) is 9.47 Å². The Hall–Kier alpha value is -3.03. The van der Waals surface area contributed by atoms with Crippen molar-refractivity contribution in [1.82, 2.24) is 15.1 Å². The van der Waals surface area contributed by atoms with Crippen molar-refractivity contribution in [1.29, 1.82) is 0 Å². The summed E-state index contributed by atoms with van der Waals surface area (Å²) in [6, 6.07) is 5.49. The fraction of sp³-hybridized carbons (Fsp3) is 0.421. The minimum Gasteiger partial charge on any atom is -0.481 e. The summed E-state index contributed by atoms with van der Waals surface area (Å²) in [5, 5.41) is 16.3. The van der Waals surface area contributed by atoms with Crippen LogP contribution < -0.4 is 9.47 Å². The van der Waals surface area contributed by atoms with Gasteiger partial charge in [0.05, 0.1) is 12.1 Å². The third-order valence-electron chi connectivity index (χ3n) is 5.23. The van der Waals surface area contributed by atoms with Crippen LogP contribution in [-0.2, 0) is 16.0 Å². The van der Waals surface area contributed by atoms with Gasteiger partial charge >= 0.3 is 5.97 Å². The van der Waals surface area contributed by atoms with E-state index in [9.17, 15) is 14.7 Å².